The molecule has 0 amide bonds. The van der Waals surface area contributed by atoms with Crippen molar-refractivity contribution in [2.75, 3.05) is 0 Å². The lowest BCUT2D eigenvalue weighted by Gasteiger charge is -2.18. The van der Waals surface area contributed by atoms with Gasteiger partial charge in [-0.3, -0.25) is 0 Å². The van der Waals surface area contributed by atoms with E-state index < -0.39 is 0 Å². The number of nitrogens with zero attached hydrogens (tertiary/aromatic N) is 5. The van der Waals surface area contributed by atoms with Crippen LogP contribution in [-0.2, 0) is 0 Å². The van der Waals surface area contributed by atoms with Crippen LogP contribution in [0.5, 0.6) is 0 Å². The molecule has 4 heterocycles. The highest BCUT2D eigenvalue weighted by molar-refractivity contribution is 6.15. The van der Waals surface area contributed by atoms with Gasteiger partial charge in [-0.25, -0.2) is 14.5 Å². The number of pyridine rings is 1. The van der Waals surface area contributed by atoms with Crippen LogP contribution in [0.3, 0.4) is 0 Å². The second-order valence-corrected chi connectivity index (χ2v) is 17.2. The lowest BCUT2D eigenvalue weighted by atomic mass is 9.91. The van der Waals surface area contributed by atoms with Crippen molar-refractivity contribution in [3.8, 4) is 84.4 Å². The molecule has 4 aromatic heterocycles. The van der Waals surface area contributed by atoms with Crippen LogP contribution in [0.25, 0.3) is 122 Å². The summed E-state index contributed by atoms with van der Waals surface area (Å²) in [4.78, 5) is 10.5. The van der Waals surface area contributed by atoms with E-state index in [4.69, 9.17) is 15.1 Å². The van der Waals surface area contributed by atoms with Crippen molar-refractivity contribution in [3.63, 3.8) is 0 Å². The lowest BCUT2D eigenvalue weighted by molar-refractivity contribution is 0.981. The average molecular weight is 868 g/mol. The molecule has 318 valence electrons. The maximum atomic E-state index is 5.56. The van der Waals surface area contributed by atoms with E-state index in [0.717, 1.165) is 94.8 Å². The van der Waals surface area contributed by atoms with Crippen LogP contribution < -0.4 is 0 Å². The summed E-state index contributed by atoms with van der Waals surface area (Å²) in [5.74, 6) is 0.675. The maximum absolute atomic E-state index is 5.56. The summed E-state index contributed by atoms with van der Waals surface area (Å²) < 4.78 is 4.55. The Kier molecular flexibility index (Phi) is 9.43. The van der Waals surface area contributed by atoms with Crippen molar-refractivity contribution in [1.29, 1.82) is 0 Å². The zero-order chi connectivity index (χ0) is 45.0. The molecule has 13 rings (SSSR count). The largest absolute Gasteiger partial charge is 0.309 e. The highest BCUT2D eigenvalue weighted by Crippen LogP contribution is 2.46. The van der Waals surface area contributed by atoms with E-state index in [1.165, 1.54) is 21.8 Å². The van der Waals surface area contributed by atoms with E-state index in [1.807, 2.05) is 18.2 Å². The van der Waals surface area contributed by atoms with Gasteiger partial charge in [0.05, 0.1) is 33.6 Å². The summed E-state index contributed by atoms with van der Waals surface area (Å²) in [6.45, 7) is 0. The number of hydrogen-bond acceptors (Lipinski definition) is 3. The molecule has 0 atom stereocenters. The fourth-order valence-electron chi connectivity index (χ4n) is 10.1. The Morgan fingerprint density at radius 2 is 0.779 bits per heavy atom. The first-order valence-electron chi connectivity index (χ1n) is 23.0. The van der Waals surface area contributed by atoms with Crippen LogP contribution in [0.4, 0.5) is 0 Å². The van der Waals surface area contributed by atoms with Gasteiger partial charge < -0.3 is 4.57 Å². The van der Waals surface area contributed by atoms with Gasteiger partial charge in [0, 0.05) is 60.8 Å². The fourth-order valence-corrected chi connectivity index (χ4v) is 10.1. The van der Waals surface area contributed by atoms with E-state index >= 15 is 0 Å². The molecule has 0 saturated carbocycles. The zero-order valence-electron chi connectivity index (χ0n) is 36.9. The molecule has 0 radical (unpaired) electrons. The number of fused-ring (bicyclic) bond motifs is 6. The number of benzene rings is 9. The Bertz CT molecular complexity index is 3930. The first-order valence-corrected chi connectivity index (χ1v) is 23.0. The van der Waals surface area contributed by atoms with Crippen molar-refractivity contribution >= 4 is 38.1 Å². The van der Waals surface area contributed by atoms with Gasteiger partial charge in [-0.05, 0) is 46.8 Å². The predicted molar refractivity (Wildman–Crippen MR) is 281 cm³/mol. The first-order chi connectivity index (χ1) is 33.7. The molecular weight excluding hydrogens is 827 g/mol. The number of hydrogen-bond donors (Lipinski definition) is 0. The van der Waals surface area contributed by atoms with E-state index in [-0.39, 0.29) is 0 Å². The van der Waals surface area contributed by atoms with Gasteiger partial charge in [-0.2, -0.15) is 5.10 Å². The fraction of sp³-hybridized carbons (Fsp3) is 0. The molecule has 0 bridgehead atoms. The highest BCUT2D eigenvalue weighted by atomic mass is 15.2. The third kappa shape index (κ3) is 6.59. The standard InChI is InChI=1S/C63H41N5/c1-5-20-43(21-6-1)59-60(45-22-7-2-8-23-45)66-68-61(46-24-9-3-10-25-46)58(52-32-13-14-33-53(52)62(59)68)44-38-36-42(37-39-44)54-41-55(65-63(64-54)47-26-11-4-12-27-47)48-28-19-29-49(40-48)67-56-34-17-15-30-50(56)51-31-16-18-35-57(51)67/h1-41H. The van der Waals surface area contributed by atoms with Gasteiger partial charge in [0.25, 0.3) is 0 Å². The normalized spacial score (nSPS) is 11.5. The molecule has 68 heavy (non-hydrogen) atoms. The lowest BCUT2D eigenvalue weighted by Crippen LogP contribution is -2.00. The van der Waals surface area contributed by atoms with Crippen molar-refractivity contribution < 1.29 is 0 Å². The predicted octanol–water partition coefficient (Wildman–Crippen LogP) is 16.0. The van der Waals surface area contributed by atoms with Crippen molar-refractivity contribution in [3.05, 3.63) is 249 Å². The smallest absolute Gasteiger partial charge is 0.160 e. The number of para-hydroxylation sites is 2. The van der Waals surface area contributed by atoms with E-state index in [9.17, 15) is 0 Å². The summed E-state index contributed by atoms with van der Waals surface area (Å²) in [5, 5.41) is 10.3. The summed E-state index contributed by atoms with van der Waals surface area (Å²) in [6, 6.07) is 87.9. The summed E-state index contributed by atoms with van der Waals surface area (Å²) in [7, 11) is 0. The van der Waals surface area contributed by atoms with Crippen molar-refractivity contribution in [1.82, 2.24) is 24.1 Å². The van der Waals surface area contributed by atoms with Gasteiger partial charge in [0.1, 0.15) is 5.69 Å². The van der Waals surface area contributed by atoms with Crippen LogP contribution in [-0.4, -0.2) is 24.1 Å². The van der Waals surface area contributed by atoms with E-state index in [2.05, 4.69) is 240 Å². The SMILES string of the molecule is c1ccc(-c2nc(-c3ccc(-c4c(-c5ccccc5)n5nc(-c6ccccc6)c(-c6ccccc6)c5c5ccccc45)cc3)cc(-c3cccc(-n4c5ccccc5c5ccccc54)c3)n2)cc1. The molecule has 0 fully saturated rings. The molecule has 0 N–H and O–H groups in total. The average Bonchev–Trinajstić information content (AvgIpc) is 3.99. The Balaban J connectivity index is 0.993. The molecule has 0 aliphatic heterocycles. The molecule has 13 aromatic rings. The van der Waals surface area contributed by atoms with Gasteiger partial charge in [0.2, 0.25) is 0 Å². The maximum Gasteiger partial charge on any atom is 0.160 e. The topological polar surface area (TPSA) is 48.0 Å². The van der Waals surface area contributed by atoms with E-state index in [0.29, 0.717) is 5.82 Å². The highest BCUT2D eigenvalue weighted by Gasteiger charge is 2.25. The zero-order valence-corrected chi connectivity index (χ0v) is 36.9. The molecule has 0 aliphatic rings. The molecule has 0 spiro atoms. The number of rotatable bonds is 8. The Morgan fingerprint density at radius 1 is 0.309 bits per heavy atom. The molecular formula is C63H41N5. The monoisotopic (exact) mass is 867 g/mol. The van der Waals surface area contributed by atoms with Crippen LogP contribution in [0.1, 0.15) is 0 Å². The second kappa shape index (κ2) is 16.4. The minimum Gasteiger partial charge on any atom is -0.309 e. The van der Waals surface area contributed by atoms with Crippen LogP contribution >= 0.6 is 0 Å². The summed E-state index contributed by atoms with van der Waals surface area (Å²) >= 11 is 0. The van der Waals surface area contributed by atoms with Gasteiger partial charge in [-0.15, -0.1) is 0 Å². The van der Waals surface area contributed by atoms with Gasteiger partial charge in [0.15, 0.2) is 5.82 Å². The molecule has 5 heteroatoms. The Hall–Kier alpha value is -9.19. The van der Waals surface area contributed by atoms with E-state index in [1.54, 1.807) is 0 Å². The van der Waals surface area contributed by atoms with Crippen LogP contribution in [0.15, 0.2) is 249 Å². The minimum absolute atomic E-state index is 0.675. The minimum atomic E-state index is 0.675. The molecule has 0 unspecified atom stereocenters. The molecule has 0 aliphatic carbocycles. The van der Waals surface area contributed by atoms with Crippen molar-refractivity contribution in [2.24, 2.45) is 0 Å². The molecule has 0 saturated heterocycles. The van der Waals surface area contributed by atoms with Crippen LogP contribution in [0.2, 0.25) is 0 Å². The second-order valence-electron chi connectivity index (χ2n) is 17.2. The molecule has 9 aromatic carbocycles. The summed E-state index contributed by atoms with van der Waals surface area (Å²) in [6.07, 6.45) is 0. The Morgan fingerprint density at radius 3 is 1.41 bits per heavy atom. The Labute approximate surface area is 393 Å². The quantitative estimate of drug-likeness (QED) is 0.153. The molecule has 5 nitrogen and oxygen atoms in total. The van der Waals surface area contributed by atoms with Crippen LogP contribution in [0, 0.1) is 0 Å². The van der Waals surface area contributed by atoms with Gasteiger partial charge >= 0.3 is 0 Å². The number of aromatic nitrogens is 5. The van der Waals surface area contributed by atoms with Gasteiger partial charge in [-0.1, -0.05) is 218 Å². The van der Waals surface area contributed by atoms with Crippen molar-refractivity contribution in [2.45, 2.75) is 0 Å². The third-order valence-corrected chi connectivity index (χ3v) is 13.2. The summed E-state index contributed by atoms with van der Waals surface area (Å²) in [5.41, 5.74) is 17.7. The first kappa shape index (κ1) is 39.2. The third-order valence-electron chi connectivity index (χ3n) is 13.2.